The molecule has 29 heavy (non-hydrogen) atoms. The molecule has 0 unspecified atom stereocenters. The fourth-order valence-corrected chi connectivity index (χ4v) is 4.15. The largest absolute Gasteiger partial charge is 0.307 e. The number of nitrogens with zero attached hydrogens (tertiary/aromatic N) is 2. The second kappa shape index (κ2) is 8.77. The van der Waals surface area contributed by atoms with Gasteiger partial charge in [-0.25, -0.2) is 17.8 Å². The molecule has 1 aromatic heterocycles. The van der Waals surface area contributed by atoms with E-state index < -0.39 is 10.0 Å². The summed E-state index contributed by atoms with van der Waals surface area (Å²) < 4.78 is 28.5. The minimum Gasteiger partial charge on any atom is -0.307 e. The summed E-state index contributed by atoms with van der Waals surface area (Å²) in [6.07, 6.45) is 1.58. The highest BCUT2D eigenvalue weighted by Gasteiger charge is 2.16. The number of hydrogen-bond donors (Lipinski definition) is 2. The Morgan fingerprint density at radius 1 is 1.10 bits per heavy atom. The molecule has 2 N–H and O–H groups in total. The summed E-state index contributed by atoms with van der Waals surface area (Å²) in [5.41, 5.74) is 1.21. The molecule has 0 bridgehead atoms. The standard InChI is InChI=1S/C20H21ClN4O3S/c1-14(2)24-29(27,28)17-9-7-15(8-10-17)20(26)23-19-11-12-22-25(19)13-16-5-3-4-6-18(16)21/h3-12,14,24H,13H2,1-2H3,(H,23,26). The zero-order valence-corrected chi connectivity index (χ0v) is 17.5. The third-order valence-electron chi connectivity index (χ3n) is 4.05. The smallest absolute Gasteiger partial charge is 0.256 e. The molecule has 9 heteroatoms. The molecule has 1 amide bonds. The Labute approximate surface area is 174 Å². The molecular weight excluding hydrogens is 412 g/mol. The third kappa shape index (κ3) is 5.23. The van der Waals surface area contributed by atoms with E-state index in [1.165, 1.54) is 24.3 Å². The highest BCUT2D eigenvalue weighted by Crippen LogP contribution is 2.19. The molecule has 0 saturated carbocycles. The number of rotatable bonds is 7. The van der Waals surface area contributed by atoms with Crippen LogP contribution in [0.15, 0.2) is 65.7 Å². The highest BCUT2D eigenvalue weighted by atomic mass is 35.5. The van der Waals surface area contributed by atoms with Gasteiger partial charge in [-0.1, -0.05) is 29.8 Å². The zero-order chi connectivity index (χ0) is 21.0. The van der Waals surface area contributed by atoms with E-state index in [4.69, 9.17) is 11.6 Å². The zero-order valence-electron chi connectivity index (χ0n) is 16.0. The summed E-state index contributed by atoms with van der Waals surface area (Å²) in [6.45, 7) is 3.89. The van der Waals surface area contributed by atoms with E-state index in [1.807, 2.05) is 18.2 Å². The van der Waals surface area contributed by atoms with Gasteiger partial charge in [0.2, 0.25) is 10.0 Å². The average molecular weight is 433 g/mol. The van der Waals surface area contributed by atoms with Crippen LogP contribution in [-0.2, 0) is 16.6 Å². The van der Waals surface area contributed by atoms with Crippen molar-refractivity contribution < 1.29 is 13.2 Å². The normalized spacial score (nSPS) is 11.6. The van der Waals surface area contributed by atoms with Gasteiger partial charge < -0.3 is 5.32 Å². The third-order valence-corrected chi connectivity index (χ3v) is 6.10. The van der Waals surface area contributed by atoms with Crippen molar-refractivity contribution in [1.82, 2.24) is 14.5 Å². The Bertz CT molecular complexity index is 1110. The van der Waals surface area contributed by atoms with E-state index in [0.29, 0.717) is 22.9 Å². The number of hydrogen-bond acceptors (Lipinski definition) is 4. The molecule has 0 radical (unpaired) electrons. The fourth-order valence-electron chi connectivity index (χ4n) is 2.71. The fraction of sp³-hybridized carbons (Fsp3) is 0.200. The molecule has 0 saturated heterocycles. The van der Waals surface area contributed by atoms with Crippen molar-refractivity contribution in [3.63, 3.8) is 0 Å². The Morgan fingerprint density at radius 2 is 1.79 bits per heavy atom. The van der Waals surface area contributed by atoms with Gasteiger partial charge in [0, 0.05) is 22.7 Å². The van der Waals surface area contributed by atoms with Crippen LogP contribution in [0.4, 0.5) is 5.82 Å². The van der Waals surface area contributed by atoms with Gasteiger partial charge in [0.1, 0.15) is 5.82 Å². The Morgan fingerprint density at radius 3 is 2.45 bits per heavy atom. The monoisotopic (exact) mass is 432 g/mol. The molecule has 7 nitrogen and oxygen atoms in total. The predicted molar refractivity (Wildman–Crippen MR) is 113 cm³/mol. The lowest BCUT2D eigenvalue weighted by atomic mass is 10.2. The van der Waals surface area contributed by atoms with Crippen LogP contribution in [0.25, 0.3) is 0 Å². The molecular formula is C20H21ClN4O3S. The molecule has 0 aliphatic heterocycles. The van der Waals surface area contributed by atoms with Gasteiger partial charge in [-0.2, -0.15) is 5.10 Å². The molecule has 0 fully saturated rings. The Kier molecular flexibility index (Phi) is 6.36. The Hall–Kier alpha value is -2.68. The molecule has 1 heterocycles. The van der Waals surface area contributed by atoms with E-state index in [0.717, 1.165) is 5.56 Å². The minimum absolute atomic E-state index is 0.103. The summed E-state index contributed by atoms with van der Waals surface area (Å²) in [6, 6.07) is 14.6. The number of halogens is 1. The molecule has 3 aromatic rings. The van der Waals surface area contributed by atoms with Gasteiger partial charge in [0.25, 0.3) is 5.91 Å². The first-order valence-electron chi connectivity index (χ1n) is 8.95. The van der Waals surface area contributed by atoms with E-state index in [2.05, 4.69) is 15.1 Å². The van der Waals surface area contributed by atoms with Crippen molar-refractivity contribution in [2.75, 3.05) is 5.32 Å². The predicted octanol–water partition coefficient (Wildman–Crippen LogP) is 3.52. The van der Waals surface area contributed by atoms with Crippen molar-refractivity contribution in [1.29, 1.82) is 0 Å². The van der Waals surface area contributed by atoms with Crippen molar-refractivity contribution in [3.05, 3.63) is 76.9 Å². The number of nitrogens with one attached hydrogen (secondary N) is 2. The average Bonchev–Trinajstić information content (AvgIpc) is 3.09. The van der Waals surface area contributed by atoms with Crippen molar-refractivity contribution in [2.24, 2.45) is 0 Å². The number of anilines is 1. The van der Waals surface area contributed by atoms with Crippen LogP contribution in [0, 0.1) is 0 Å². The topological polar surface area (TPSA) is 93.1 Å². The van der Waals surface area contributed by atoms with Crippen molar-refractivity contribution >= 4 is 33.3 Å². The van der Waals surface area contributed by atoms with E-state index in [9.17, 15) is 13.2 Å². The van der Waals surface area contributed by atoms with Gasteiger partial charge in [-0.05, 0) is 49.7 Å². The highest BCUT2D eigenvalue weighted by molar-refractivity contribution is 7.89. The number of amides is 1. The first kappa shape index (κ1) is 21.0. The van der Waals surface area contributed by atoms with Crippen molar-refractivity contribution in [3.8, 4) is 0 Å². The summed E-state index contributed by atoms with van der Waals surface area (Å²) in [7, 11) is -3.61. The molecule has 0 atom stereocenters. The van der Waals surface area contributed by atoms with Crippen LogP contribution < -0.4 is 10.0 Å². The number of aromatic nitrogens is 2. The number of carbonyl (C=O) groups excluding carboxylic acids is 1. The van der Waals surface area contributed by atoms with Crippen LogP contribution in [0.2, 0.25) is 5.02 Å². The van der Waals surface area contributed by atoms with Crippen molar-refractivity contribution in [2.45, 2.75) is 31.3 Å². The number of carbonyl (C=O) groups is 1. The SMILES string of the molecule is CC(C)NS(=O)(=O)c1ccc(C(=O)Nc2ccnn2Cc2ccccc2Cl)cc1. The lowest BCUT2D eigenvalue weighted by Gasteiger charge is -2.11. The van der Waals surface area contributed by atoms with Gasteiger partial charge in [-0.3, -0.25) is 4.79 Å². The first-order chi connectivity index (χ1) is 13.8. The Balaban J connectivity index is 1.73. The number of benzene rings is 2. The summed E-state index contributed by atoms with van der Waals surface area (Å²) in [4.78, 5) is 12.7. The maximum atomic E-state index is 12.6. The van der Waals surface area contributed by atoms with Crippen LogP contribution in [0.3, 0.4) is 0 Å². The summed E-state index contributed by atoms with van der Waals surface area (Å²) in [5, 5.41) is 7.64. The molecule has 0 aliphatic rings. The van der Waals surface area contributed by atoms with E-state index >= 15 is 0 Å². The van der Waals surface area contributed by atoms with E-state index in [-0.39, 0.29) is 16.8 Å². The second-order valence-corrected chi connectivity index (χ2v) is 8.84. The quantitative estimate of drug-likeness (QED) is 0.597. The molecule has 3 rings (SSSR count). The van der Waals surface area contributed by atoms with Gasteiger partial charge in [-0.15, -0.1) is 0 Å². The van der Waals surface area contributed by atoms with Gasteiger partial charge >= 0.3 is 0 Å². The molecule has 0 aliphatic carbocycles. The van der Waals surface area contributed by atoms with Gasteiger partial charge in [0.15, 0.2) is 0 Å². The molecule has 152 valence electrons. The summed E-state index contributed by atoms with van der Waals surface area (Å²) >= 11 is 6.20. The minimum atomic E-state index is -3.61. The molecule has 0 spiro atoms. The van der Waals surface area contributed by atoms with Crippen LogP contribution in [0.5, 0.6) is 0 Å². The maximum absolute atomic E-state index is 12.6. The maximum Gasteiger partial charge on any atom is 0.256 e. The lowest BCUT2D eigenvalue weighted by molar-refractivity contribution is 0.102. The first-order valence-corrected chi connectivity index (χ1v) is 10.8. The summed E-state index contributed by atoms with van der Waals surface area (Å²) in [5.74, 6) is 0.139. The lowest BCUT2D eigenvalue weighted by Crippen LogP contribution is -2.30. The van der Waals surface area contributed by atoms with Gasteiger partial charge in [0.05, 0.1) is 17.6 Å². The number of sulfonamides is 1. The van der Waals surface area contributed by atoms with E-state index in [1.54, 1.807) is 36.9 Å². The molecule has 2 aromatic carbocycles. The van der Waals surface area contributed by atoms with Crippen LogP contribution in [-0.4, -0.2) is 30.1 Å². The van der Waals surface area contributed by atoms with Crippen LogP contribution in [0.1, 0.15) is 29.8 Å². The van der Waals surface area contributed by atoms with Crippen LogP contribution >= 0.6 is 11.6 Å². The second-order valence-electron chi connectivity index (χ2n) is 6.72.